The molecule has 0 heterocycles. The van der Waals surface area contributed by atoms with Gasteiger partial charge in [0.25, 0.3) is 0 Å². The Morgan fingerprint density at radius 1 is 1.80 bits per heavy atom. The fourth-order valence-corrected chi connectivity index (χ4v) is 0.570. The van der Waals surface area contributed by atoms with E-state index < -0.39 is 0 Å². The van der Waals surface area contributed by atoms with Crippen LogP contribution >= 0.6 is 0 Å². The van der Waals surface area contributed by atoms with Gasteiger partial charge >= 0.3 is 0 Å². The maximum atomic E-state index is 8.59. The molecule has 5 nitrogen and oxygen atoms in total. The predicted octanol–water partition coefficient (Wildman–Crippen LogP) is 0.267. The molecule has 0 saturated heterocycles. The van der Waals surface area contributed by atoms with Gasteiger partial charge in [-0.1, -0.05) is 5.11 Å². The summed E-state index contributed by atoms with van der Waals surface area (Å²) in [5.74, 6) is 0. The Kier molecular flexibility index (Phi) is 5.86. The van der Waals surface area contributed by atoms with E-state index in [-0.39, 0.29) is 12.6 Å². The average molecular weight is 144 g/mol. The number of nitrogens with one attached hydrogen (secondary N) is 1. The summed E-state index contributed by atoms with van der Waals surface area (Å²) in [5, 5.41) is 14.9. The van der Waals surface area contributed by atoms with Gasteiger partial charge in [-0.15, -0.1) is 0 Å². The van der Waals surface area contributed by atoms with E-state index >= 15 is 0 Å². The molecule has 0 aromatic rings. The molecule has 0 saturated carbocycles. The van der Waals surface area contributed by atoms with E-state index in [0.717, 1.165) is 6.54 Å². The molecule has 0 fully saturated rings. The van der Waals surface area contributed by atoms with Crippen molar-refractivity contribution in [2.75, 3.05) is 20.2 Å². The van der Waals surface area contributed by atoms with Gasteiger partial charge in [0.1, 0.15) is 0 Å². The van der Waals surface area contributed by atoms with Crippen molar-refractivity contribution in [1.82, 2.24) is 5.32 Å². The van der Waals surface area contributed by atoms with Crippen LogP contribution in [0.4, 0.5) is 0 Å². The third-order valence-electron chi connectivity index (χ3n) is 1.15. The van der Waals surface area contributed by atoms with Gasteiger partial charge in [0.15, 0.2) is 0 Å². The summed E-state index contributed by atoms with van der Waals surface area (Å²) in [4.78, 5) is 2.60. The lowest BCUT2D eigenvalue weighted by molar-refractivity contribution is 0.260. The quantitative estimate of drug-likeness (QED) is 0.330. The Morgan fingerprint density at radius 2 is 2.50 bits per heavy atom. The number of nitrogens with zero attached hydrogens (tertiary/aromatic N) is 3. The SMILES string of the molecule is CNCCC(CO)N=[N+]=[N-]. The summed E-state index contributed by atoms with van der Waals surface area (Å²) in [6, 6.07) is -0.280. The number of aliphatic hydroxyl groups is 1. The Morgan fingerprint density at radius 3 is 2.90 bits per heavy atom. The minimum Gasteiger partial charge on any atom is -0.396 e. The monoisotopic (exact) mass is 144 g/mol. The van der Waals surface area contributed by atoms with Crippen molar-refractivity contribution in [2.24, 2.45) is 5.11 Å². The van der Waals surface area contributed by atoms with Crippen molar-refractivity contribution in [1.29, 1.82) is 0 Å². The molecule has 2 N–H and O–H groups in total. The molecular weight excluding hydrogens is 132 g/mol. The van der Waals surface area contributed by atoms with Crippen LogP contribution in [0.5, 0.6) is 0 Å². The van der Waals surface area contributed by atoms with Crippen LogP contribution in [0.3, 0.4) is 0 Å². The summed E-state index contributed by atoms with van der Waals surface area (Å²) in [6.45, 7) is 0.677. The highest BCUT2D eigenvalue weighted by Crippen LogP contribution is 1.94. The molecule has 0 amide bonds. The first-order valence-corrected chi connectivity index (χ1v) is 3.14. The van der Waals surface area contributed by atoms with Gasteiger partial charge in [-0.2, -0.15) is 0 Å². The zero-order valence-corrected chi connectivity index (χ0v) is 5.99. The molecule has 0 aromatic carbocycles. The van der Waals surface area contributed by atoms with E-state index in [1.807, 2.05) is 7.05 Å². The molecular formula is C5H12N4O. The van der Waals surface area contributed by atoms with Crippen molar-refractivity contribution < 1.29 is 5.11 Å². The normalized spacial score (nSPS) is 12.2. The second kappa shape index (κ2) is 6.35. The lowest BCUT2D eigenvalue weighted by atomic mass is 10.2. The molecule has 0 aromatic heterocycles. The Labute approximate surface area is 59.7 Å². The number of hydrogen-bond acceptors (Lipinski definition) is 3. The van der Waals surface area contributed by atoms with Gasteiger partial charge in [-0.25, -0.2) is 0 Å². The number of azide groups is 1. The van der Waals surface area contributed by atoms with Crippen LogP contribution in [-0.4, -0.2) is 31.3 Å². The molecule has 0 bridgehead atoms. The maximum absolute atomic E-state index is 8.59. The second-order valence-corrected chi connectivity index (χ2v) is 1.93. The largest absolute Gasteiger partial charge is 0.396 e. The van der Waals surface area contributed by atoms with Crippen LogP contribution in [0.1, 0.15) is 6.42 Å². The molecule has 0 aliphatic carbocycles. The highest BCUT2D eigenvalue weighted by molar-refractivity contribution is 4.65. The minimum absolute atomic E-state index is 0.0776. The molecule has 10 heavy (non-hydrogen) atoms. The molecule has 0 spiro atoms. The van der Waals surface area contributed by atoms with E-state index in [0.29, 0.717) is 6.42 Å². The van der Waals surface area contributed by atoms with Crippen LogP contribution < -0.4 is 5.32 Å². The summed E-state index contributed by atoms with van der Waals surface area (Å²) >= 11 is 0. The molecule has 0 rings (SSSR count). The minimum atomic E-state index is -0.280. The standard InChI is InChI=1S/C5H12N4O/c1-7-3-2-5(4-10)8-9-6/h5,7,10H,2-4H2,1H3. The highest BCUT2D eigenvalue weighted by Gasteiger charge is 2.01. The third kappa shape index (κ3) is 4.14. The van der Waals surface area contributed by atoms with E-state index in [1.54, 1.807) is 0 Å². The van der Waals surface area contributed by atoms with Crippen molar-refractivity contribution in [3.8, 4) is 0 Å². The van der Waals surface area contributed by atoms with Gasteiger partial charge in [-0.05, 0) is 25.5 Å². The van der Waals surface area contributed by atoms with Crippen molar-refractivity contribution in [3.63, 3.8) is 0 Å². The van der Waals surface area contributed by atoms with Gasteiger partial charge < -0.3 is 10.4 Å². The molecule has 0 aliphatic rings. The van der Waals surface area contributed by atoms with Gasteiger partial charge in [0.05, 0.1) is 12.6 Å². The Hall–Kier alpha value is -0.770. The number of rotatable bonds is 5. The maximum Gasteiger partial charge on any atom is 0.0617 e. The van der Waals surface area contributed by atoms with Crippen LogP contribution in [0.15, 0.2) is 5.11 Å². The zero-order valence-electron chi connectivity index (χ0n) is 5.99. The first-order valence-electron chi connectivity index (χ1n) is 3.14. The lowest BCUT2D eigenvalue weighted by Gasteiger charge is -2.04. The third-order valence-corrected chi connectivity index (χ3v) is 1.15. The van der Waals surface area contributed by atoms with E-state index in [1.165, 1.54) is 0 Å². The fraction of sp³-hybridized carbons (Fsp3) is 1.00. The lowest BCUT2D eigenvalue weighted by Crippen LogP contribution is -2.17. The Balaban J connectivity index is 3.49. The molecule has 1 unspecified atom stereocenters. The highest BCUT2D eigenvalue weighted by atomic mass is 16.3. The molecule has 58 valence electrons. The van der Waals surface area contributed by atoms with Crippen LogP contribution in [0, 0.1) is 0 Å². The Bertz CT molecular complexity index is 121. The number of aliphatic hydroxyl groups excluding tert-OH is 1. The second-order valence-electron chi connectivity index (χ2n) is 1.93. The van der Waals surface area contributed by atoms with E-state index in [4.69, 9.17) is 10.6 Å². The van der Waals surface area contributed by atoms with Gasteiger partial charge in [0.2, 0.25) is 0 Å². The number of hydrogen-bond donors (Lipinski definition) is 2. The summed E-state index contributed by atoms with van der Waals surface area (Å²) < 4.78 is 0. The summed E-state index contributed by atoms with van der Waals surface area (Å²) in [6.07, 6.45) is 0.678. The summed E-state index contributed by atoms with van der Waals surface area (Å²) in [5.41, 5.74) is 7.99. The molecule has 5 heteroatoms. The van der Waals surface area contributed by atoms with Crippen molar-refractivity contribution in [2.45, 2.75) is 12.5 Å². The smallest absolute Gasteiger partial charge is 0.0617 e. The first-order chi connectivity index (χ1) is 4.85. The van der Waals surface area contributed by atoms with Crippen LogP contribution in [-0.2, 0) is 0 Å². The van der Waals surface area contributed by atoms with Crippen molar-refractivity contribution >= 4 is 0 Å². The van der Waals surface area contributed by atoms with Crippen LogP contribution in [0.2, 0.25) is 0 Å². The first kappa shape index (κ1) is 9.23. The predicted molar refractivity (Wildman–Crippen MR) is 38.6 cm³/mol. The van der Waals surface area contributed by atoms with E-state index in [9.17, 15) is 0 Å². The average Bonchev–Trinajstić information content (AvgIpc) is 1.98. The van der Waals surface area contributed by atoms with Gasteiger partial charge in [0, 0.05) is 4.91 Å². The van der Waals surface area contributed by atoms with Crippen molar-refractivity contribution in [3.05, 3.63) is 10.4 Å². The van der Waals surface area contributed by atoms with Gasteiger partial charge in [-0.3, -0.25) is 0 Å². The molecule has 0 radical (unpaired) electrons. The van der Waals surface area contributed by atoms with Crippen LogP contribution in [0.25, 0.3) is 10.4 Å². The topological polar surface area (TPSA) is 81.0 Å². The summed E-state index contributed by atoms with van der Waals surface area (Å²) in [7, 11) is 1.81. The molecule has 1 atom stereocenters. The zero-order chi connectivity index (χ0) is 7.82. The van der Waals surface area contributed by atoms with E-state index in [2.05, 4.69) is 15.3 Å². The molecule has 0 aliphatic heterocycles. The fourth-order valence-electron chi connectivity index (χ4n) is 0.570.